The molecular formula is C18H26FN5O. The topological polar surface area (TPSA) is 85.8 Å². The zero-order valence-corrected chi connectivity index (χ0v) is 15.2. The summed E-state index contributed by atoms with van der Waals surface area (Å²) in [6, 6.07) is 5.93. The Morgan fingerprint density at radius 1 is 1.32 bits per heavy atom. The monoisotopic (exact) mass is 347 g/mol. The van der Waals surface area contributed by atoms with Crippen LogP contribution in [0.15, 0.2) is 24.3 Å². The Bertz CT molecular complexity index is 726. The van der Waals surface area contributed by atoms with Crippen LogP contribution in [0.3, 0.4) is 0 Å². The van der Waals surface area contributed by atoms with Crippen LogP contribution in [0.5, 0.6) is 0 Å². The normalized spacial score (nSPS) is 12.6. The highest BCUT2D eigenvalue weighted by molar-refractivity contribution is 5.90. The van der Waals surface area contributed by atoms with Crippen LogP contribution in [-0.2, 0) is 0 Å². The van der Waals surface area contributed by atoms with E-state index in [9.17, 15) is 9.18 Å². The van der Waals surface area contributed by atoms with Crippen molar-refractivity contribution in [2.45, 2.75) is 46.1 Å². The van der Waals surface area contributed by atoms with E-state index < -0.39 is 0 Å². The van der Waals surface area contributed by atoms with Gasteiger partial charge in [0.15, 0.2) is 0 Å². The molecule has 0 saturated heterocycles. The third-order valence-corrected chi connectivity index (χ3v) is 3.78. The summed E-state index contributed by atoms with van der Waals surface area (Å²) in [5, 5.41) is 7.18. The average Bonchev–Trinajstić information content (AvgIpc) is 2.99. The molecule has 0 aliphatic carbocycles. The largest absolute Gasteiger partial charge is 0.345 e. The van der Waals surface area contributed by atoms with Gasteiger partial charge in [-0.05, 0) is 30.5 Å². The second-order valence-electron chi connectivity index (χ2n) is 6.88. The number of carbonyl (C=O) groups is 1. The van der Waals surface area contributed by atoms with E-state index in [0.29, 0.717) is 24.0 Å². The number of benzene rings is 1. The molecule has 1 aromatic heterocycles. The maximum Gasteiger partial charge on any atom is 0.291 e. The number of hydrogen-bond donors (Lipinski definition) is 2. The number of nitrogens with two attached hydrogens (primary N) is 1. The molecule has 25 heavy (non-hydrogen) atoms. The summed E-state index contributed by atoms with van der Waals surface area (Å²) in [5.74, 6) is 0.372. The first-order chi connectivity index (χ1) is 11.8. The Morgan fingerprint density at radius 2 is 2.04 bits per heavy atom. The molecule has 1 aromatic carbocycles. The van der Waals surface area contributed by atoms with Crippen LogP contribution in [0.1, 0.15) is 56.5 Å². The molecule has 0 spiro atoms. The lowest BCUT2D eigenvalue weighted by Crippen LogP contribution is -2.41. The van der Waals surface area contributed by atoms with Gasteiger partial charge in [0.2, 0.25) is 5.82 Å². The lowest BCUT2D eigenvalue weighted by Gasteiger charge is -2.17. The summed E-state index contributed by atoms with van der Waals surface area (Å²) in [4.78, 5) is 16.9. The summed E-state index contributed by atoms with van der Waals surface area (Å²) < 4.78 is 15.1. The maximum absolute atomic E-state index is 13.5. The van der Waals surface area contributed by atoms with Gasteiger partial charge in [0.25, 0.3) is 5.91 Å². The molecule has 2 rings (SSSR count). The van der Waals surface area contributed by atoms with Crippen LogP contribution >= 0.6 is 0 Å². The Hall–Kier alpha value is -2.28. The smallest absolute Gasteiger partial charge is 0.291 e. The highest BCUT2D eigenvalue weighted by Gasteiger charge is 2.21. The van der Waals surface area contributed by atoms with E-state index in [4.69, 9.17) is 5.73 Å². The summed E-state index contributed by atoms with van der Waals surface area (Å²) in [6.07, 6.45) is 0.782. The first kappa shape index (κ1) is 19.1. The SMILES string of the molecule is CC(C)CC(CN)NC(=O)c1nc(C(C)C)n(-c2cccc(F)c2)n1. The summed E-state index contributed by atoms with van der Waals surface area (Å²) in [7, 11) is 0. The van der Waals surface area contributed by atoms with Crippen molar-refractivity contribution in [2.24, 2.45) is 11.7 Å². The summed E-state index contributed by atoms with van der Waals surface area (Å²) in [6.45, 7) is 8.39. The molecular weight excluding hydrogens is 321 g/mol. The van der Waals surface area contributed by atoms with Gasteiger partial charge in [-0.1, -0.05) is 33.8 Å². The molecule has 1 unspecified atom stereocenters. The fourth-order valence-electron chi connectivity index (χ4n) is 2.62. The fraction of sp³-hybridized carbons (Fsp3) is 0.500. The molecule has 1 heterocycles. The number of nitrogens with zero attached hydrogens (tertiary/aromatic N) is 3. The van der Waals surface area contributed by atoms with Crippen LogP contribution in [-0.4, -0.2) is 33.3 Å². The predicted molar refractivity (Wildman–Crippen MR) is 95.2 cm³/mol. The van der Waals surface area contributed by atoms with Crippen molar-refractivity contribution in [3.8, 4) is 5.69 Å². The van der Waals surface area contributed by atoms with Gasteiger partial charge in [-0.25, -0.2) is 14.1 Å². The highest BCUT2D eigenvalue weighted by atomic mass is 19.1. The molecule has 0 aliphatic heterocycles. The number of nitrogens with one attached hydrogen (secondary N) is 1. The maximum atomic E-state index is 13.5. The van der Waals surface area contributed by atoms with E-state index >= 15 is 0 Å². The van der Waals surface area contributed by atoms with Gasteiger partial charge in [0.05, 0.1) is 5.69 Å². The molecule has 6 nitrogen and oxygen atoms in total. The fourth-order valence-corrected chi connectivity index (χ4v) is 2.62. The van der Waals surface area contributed by atoms with Crippen LogP contribution in [0.25, 0.3) is 5.69 Å². The van der Waals surface area contributed by atoms with Crippen molar-refractivity contribution in [3.05, 3.63) is 41.7 Å². The standard InChI is InChI=1S/C18H26FN5O/c1-11(2)8-14(10-20)21-18(25)16-22-17(12(3)4)24(23-16)15-7-5-6-13(19)9-15/h5-7,9,11-12,14H,8,10,20H2,1-4H3,(H,21,25). The molecule has 0 fully saturated rings. The van der Waals surface area contributed by atoms with Crippen LogP contribution < -0.4 is 11.1 Å². The summed E-state index contributed by atoms with van der Waals surface area (Å²) in [5.41, 5.74) is 6.27. The third kappa shape index (κ3) is 4.85. The van der Waals surface area contributed by atoms with Gasteiger partial charge in [0, 0.05) is 18.5 Å². The van der Waals surface area contributed by atoms with Crippen molar-refractivity contribution in [2.75, 3.05) is 6.54 Å². The number of rotatable bonds is 7. The summed E-state index contributed by atoms with van der Waals surface area (Å²) >= 11 is 0. The molecule has 1 atom stereocenters. The van der Waals surface area contributed by atoms with Crippen LogP contribution in [0.4, 0.5) is 4.39 Å². The molecule has 0 saturated carbocycles. The van der Waals surface area contributed by atoms with E-state index in [0.717, 1.165) is 6.42 Å². The van der Waals surface area contributed by atoms with E-state index in [-0.39, 0.29) is 29.5 Å². The van der Waals surface area contributed by atoms with Gasteiger partial charge >= 0.3 is 0 Å². The van der Waals surface area contributed by atoms with Crippen molar-refractivity contribution < 1.29 is 9.18 Å². The lowest BCUT2D eigenvalue weighted by molar-refractivity contribution is 0.0923. The number of hydrogen-bond acceptors (Lipinski definition) is 4. The first-order valence-electron chi connectivity index (χ1n) is 8.55. The quantitative estimate of drug-likeness (QED) is 0.806. The predicted octanol–water partition coefficient (Wildman–Crippen LogP) is 2.63. The van der Waals surface area contributed by atoms with Crippen molar-refractivity contribution >= 4 is 5.91 Å². The molecule has 0 radical (unpaired) electrons. The van der Waals surface area contributed by atoms with Gasteiger partial charge in [-0.2, -0.15) is 0 Å². The Labute approximate surface area is 147 Å². The van der Waals surface area contributed by atoms with E-state index in [1.165, 1.54) is 16.8 Å². The Kier molecular flexibility index (Phi) is 6.25. The lowest BCUT2D eigenvalue weighted by atomic mass is 10.0. The second kappa shape index (κ2) is 8.20. The van der Waals surface area contributed by atoms with Crippen LogP contribution in [0.2, 0.25) is 0 Å². The molecule has 2 aromatic rings. The van der Waals surface area contributed by atoms with E-state index in [1.54, 1.807) is 12.1 Å². The Morgan fingerprint density at radius 3 is 2.60 bits per heavy atom. The number of amides is 1. The second-order valence-corrected chi connectivity index (χ2v) is 6.88. The van der Waals surface area contributed by atoms with E-state index in [1.807, 2.05) is 13.8 Å². The first-order valence-corrected chi connectivity index (χ1v) is 8.55. The molecule has 136 valence electrons. The zero-order valence-electron chi connectivity index (χ0n) is 15.2. The minimum absolute atomic E-state index is 0.0262. The minimum atomic E-state index is -0.367. The third-order valence-electron chi connectivity index (χ3n) is 3.78. The molecule has 0 aliphatic rings. The van der Waals surface area contributed by atoms with Crippen molar-refractivity contribution in [1.82, 2.24) is 20.1 Å². The number of carbonyl (C=O) groups excluding carboxylic acids is 1. The van der Waals surface area contributed by atoms with Crippen LogP contribution in [0, 0.1) is 11.7 Å². The van der Waals surface area contributed by atoms with Gasteiger partial charge in [0.1, 0.15) is 11.6 Å². The van der Waals surface area contributed by atoms with Gasteiger partial charge in [-0.3, -0.25) is 4.79 Å². The molecule has 3 N–H and O–H groups in total. The minimum Gasteiger partial charge on any atom is -0.345 e. The zero-order chi connectivity index (χ0) is 18.6. The van der Waals surface area contributed by atoms with Crippen molar-refractivity contribution in [1.29, 1.82) is 0 Å². The average molecular weight is 347 g/mol. The van der Waals surface area contributed by atoms with E-state index in [2.05, 4.69) is 29.2 Å². The van der Waals surface area contributed by atoms with Gasteiger partial charge < -0.3 is 11.1 Å². The number of halogens is 1. The Balaban J connectivity index is 2.30. The molecule has 7 heteroatoms. The molecule has 0 bridgehead atoms. The number of aromatic nitrogens is 3. The van der Waals surface area contributed by atoms with Crippen molar-refractivity contribution in [3.63, 3.8) is 0 Å². The van der Waals surface area contributed by atoms with Gasteiger partial charge in [-0.15, -0.1) is 5.10 Å². The molecule has 1 amide bonds. The highest BCUT2D eigenvalue weighted by Crippen LogP contribution is 2.18.